The number of nitrogens with one attached hydrogen (secondary N) is 1. The fourth-order valence-corrected chi connectivity index (χ4v) is 3.00. The van der Waals surface area contributed by atoms with Gasteiger partial charge in [0.25, 0.3) is 0 Å². The van der Waals surface area contributed by atoms with Crippen LogP contribution >= 0.6 is 0 Å². The van der Waals surface area contributed by atoms with Crippen LogP contribution in [0.2, 0.25) is 0 Å². The summed E-state index contributed by atoms with van der Waals surface area (Å²) in [5.74, 6) is 0.686. The number of benzene rings is 1. The van der Waals surface area contributed by atoms with Gasteiger partial charge in [0.1, 0.15) is 5.82 Å². The van der Waals surface area contributed by atoms with Crippen LogP contribution in [-0.2, 0) is 4.79 Å². The van der Waals surface area contributed by atoms with Crippen molar-refractivity contribution in [2.45, 2.75) is 32.7 Å². The summed E-state index contributed by atoms with van der Waals surface area (Å²) in [4.78, 5) is 14.6. The van der Waals surface area contributed by atoms with Crippen molar-refractivity contribution in [2.75, 3.05) is 18.4 Å². The zero-order chi connectivity index (χ0) is 17.1. The Morgan fingerprint density at radius 1 is 1.38 bits per heavy atom. The average molecular weight is 332 g/mol. The second kappa shape index (κ2) is 7.09. The molecule has 0 aliphatic carbocycles. The number of aryl methyl sites for hydroxylation is 1. The van der Waals surface area contributed by atoms with Crippen molar-refractivity contribution in [3.8, 4) is 0 Å². The van der Waals surface area contributed by atoms with E-state index in [0.29, 0.717) is 17.5 Å². The number of hydrogen-bond acceptors (Lipinski definition) is 5. The molecule has 0 saturated carbocycles. The van der Waals surface area contributed by atoms with Gasteiger partial charge in [-0.3, -0.25) is 9.69 Å². The maximum Gasteiger partial charge on any atom is 0.233 e. The van der Waals surface area contributed by atoms with Crippen LogP contribution in [0, 0.1) is 18.7 Å². The Morgan fingerprint density at radius 3 is 2.75 bits per heavy atom. The molecule has 1 amide bonds. The van der Waals surface area contributed by atoms with Gasteiger partial charge >= 0.3 is 0 Å². The second-order valence-corrected chi connectivity index (χ2v) is 6.15. The number of nitrogens with zero attached hydrogens (tertiary/aromatic N) is 3. The van der Waals surface area contributed by atoms with Crippen LogP contribution in [0.5, 0.6) is 0 Å². The summed E-state index contributed by atoms with van der Waals surface area (Å²) < 4.78 is 18.7. The molecule has 128 valence electrons. The van der Waals surface area contributed by atoms with E-state index in [2.05, 4.69) is 20.4 Å². The van der Waals surface area contributed by atoms with Crippen molar-refractivity contribution in [1.82, 2.24) is 15.1 Å². The Kier molecular flexibility index (Phi) is 4.89. The number of halogens is 1. The second-order valence-electron chi connectivity index (χ2n) is 6.15. The zero-order valence-corrected chi connectivity index (χ0v) is 13.8. The monoisotopic (exact) mass is 332 g/mol. The number of amides is 1. The van der Waals surface area contributed by atoms with Gasteiger partial charge in [0, 0.05) is 18.5 Å². The minimum absolute atomic E-state index is 0.0402. The molecule has 6 nitrogen and oxygen atoms in total. The van der Waals surface area contributed by atoms with Crippen LogP contribution in [0.4, 0.5) is 10.1 Å². The number of likely N-dealkylation sites (tertiary alicyclic amines) is 1. The zero-order valence-electron chi connectivity index (χ0n) is 13.8. The lowest BCUT2D eigenvalue weighted by atomic mass is 9.95. The topological polar surface area (TPSA) is 71.3 Å². The third kappa shape index (κ3) is 3.79. The number of piperidine rings is 1. The van der Waals surface area contributed by atoms with E-state index >= 15 is 0 Å². The van der Waals surface area contributed by atoms with Crippen LogP contribution in [0.15, 0.2) is 28.7 Å². The molecule has 0 bridgehead atoms. The first-order chi connectivity index (χ1) is 11.5. The van der Waals surface area contributed by atoms with Gasteiger partial charge < -0.3 is 9.73 Å². The predicted molar refractivity (Wildman–Crippen MR) is 86.8 cm³/mol. The molecule has 1 aliphatic heterocycles. The van der Waals surface area contributed by atoms with Crippen molar-refractivity contribution in [2.24, 2.45) is 5.92 Å². The summed E-state index contributed by atoms with van der Waals surface area (Å²) in [7, 11) is 0. The molecule has 0 radical (unpaired) electrons. The number of aromatic nitrogens is 2. The Morgan fingerprint density at radius 2 is 2.12 bits per heavy atom. The van der Waals surface area contributed by atoms with E-state index < -0.39 is 0 Å². The van der Waals surface area contributed by atoms with Gasteiger partial charge in [-0.2, -0.15) is 0 Å². The molecule has 2 heterocycles. The van der Waals surface area contributed by atoms with E-state index in [4.69, 9.17) is 4.42 Å². The first kappa shape index (κ1) is 16.6. The van der Waals surface area contributed by atoms with Crippen LogP contribution < -0.4 is 5.32 Å². The minimum Gasteiger partial charge on any atom is -0.424 e. The van der Waals surface area contributed by atoms with E-state index in [-0.39, 0.29) is 23.7 Å². The molecule has 1 aliphatic rings. The summed E-state index contributed by atoms with van der Waals surface area (Å²) >= 11 is 0. The summed E-state index contributed by atoms with van der Waals surface area (Å²) in [6.07, 6.45) is 1.50. The minimum atomic E-state index is -0.355. The lowest BCUT2D eigenvalue weighted by Gasteiger charge is -2.33. The number of anilines is 1. The Bertz CT molecular complexity index is 710. The molecule has 1 aromatic heterocycles. The van der Waals surface area contributed by atoms with Gasteiger partial charge in [-0.1, -0.05) is 6.07 Å². The highest BCUT2D eigenvalue weighted by Crippen LogP contribution is 2.26. The fourth-order valence-electron chi connectivity index (χ4n) is 3.00. The lowest BCUT2D eigenvalue weighted by molar-refractivity contribution is -0.121. The van der Waals surface area contributed by atoms with E-state index in [0.717, 1.165) is 25.9 Å². The predicted octanol–water partition coefficient (Wildman–Crippen LogP) is 2.93. The van der Waals surface area contributed by atoms with Gasteiger partial charge in [0.15, 0.2) is 0 Å². The van der Waals surface area contributed by atoms with Crippen LogP contribution in [0.3, 0.4) is 0 Å². The molecular formula is C17H21FN4O2. The van der Waals surface area contributed by atoms with Crippen molar-refractivity contribution in [1.29, 1.82) is 0 Å². The van der Waals surface area contributed by atoms with Crippen molar-refractivity contribution in [3.63, 3.8) is 0 Å². The quantitative estimate of drug-likeness (QED) is 0.932. The highest BCUT2D eigenvalue weighted by Gasteiger charge is 2.29. The molecule has 1 fully saturated rings. The fraction of sp³-hybridized carbons (Fsp3) is 0.471. The molecule has 3 rings (SSSR count). The Labute approximate surface area is 140 Å². The maximum absolute atomic E-state index is 13.2. The van der Waals surface area contributed by atoms with Crippen LogP contribution in [0.1, 0.15) is 37.6 Å². The molecule has 1 atom stereocenters. The highest BCUT2D eigenvalue weighted by molar-refractivity contribution is 5.92. The lowest BCUT2D eigenvalue weighted by Crippen LogP contribution is -2.39. The summed E-state index contributed by atoms with van der Waals surface area (Å²) in [6, 6.07) is 6.00. The summed E-state index contributed by atoms with van der Waals surface area (Å²) in [6.45, 7) is 5.36. The largest absolute Gasteiger partial charge is 0.424 e. The molecule has 0 unspecified atom stereocenters. The average Bonchev–Trinajstić information content (AvgIpc) is 3.01. The number of rotatable bonds is 4. The van der Waals surface area contributed by atoms with Gasteiger partial charge in [0.2, 0.25) is 17.7 Å². The first-order valence-corrected chi connectivity index (χ1v) is 8.13. The van der Waals surface area contributed by atoms with E-state index in [9.17, 15) is 9.18 Å². The highest BCUT2D eigenvalue weighted by atomic mass is 19.1. The van der Waals surface area contributed by atoms with Gasteiger partial charge in [-0.25, -0.2) is 4.39 Å². The van der Waals surface area contributed by atoms with Gasteiger partial charge in [-0.15, -0.1) is 10.2 Å². The molecular weight excluding hydrogens is 311 g/mol. The normalized spacial score (nSPS) is 17.6. The maximum atomic E-state index is 13.2. The third-order valence-electron chi connectivity index (χ3n) is 4.44. The SMILES string of the molecule is Cc1nnc([C@@H](C)N2CCC(C(=O)Nc3cccc(F)c3)CC2)o1. The van der Waals surface area contributed by atoms with E-state index in [1.165, 1.54) is 12.1 Å². The Balaban J connectivity index is 1.53. The molecule has 1 saturated heterocycles. The van der Waals surface area contributed by atoms with Crippen molar-refractivity contribution >= 4 is 11.6 Å². The number of hydrogen-bond donors (Lipinski definition) is 1. The Hall–Kier alpha value is -2.28. The molecule has 0 spiro atoms. The smallest absolute Gasteiger partial charge is 0.233 e. The van der Waals surface area contributed by atoms with E-state index in [1.807, 2.05) is 6.92 Å². The third-order valence-corrected chi connectivity index (χ3v) is 4.44. The van der Waals surface area contributed by atoms with Crippen molar-refractivity contribution in [3.05, 3.63) is 41.9 Å². The van der Waals surface area contributed by atoms with Gasteiger partial charge in [-0.05, 0) is 51.1 Å². The number of carbonyl (C=O) groups is 1. The number of carbonyl (C=O) groups excluding carboxylic acids is 1. The summed E-state index contributed by atoms with van der Waals surface area (Å²) in [5.41, 5.74) is 0.497. The molecule has 7 heteroatoms. The standard InChI is InChI=1S/C17H21FN4O2/c1-11(17-21-20-12(2)24-17)22-8-6-13(7-9-22)16(23)19-15-5-3-4-14(18)10-15/h3-5,10-11,13H,6-9H2,1-2H3,(H,19,23)/t11-/m1/s1. The van der Waals surface area contributed by atoms with Crippen molar-refractivity contribution < 1.29 is 13.6 Å². The molecule has 1 N–H and O–H groups in total. The van der Waals surface area contributed by atoms with Crippen LogP contribution in [-0.4, -0.2) is 34.1 Å². The molecule has 1 aromatic carbocycles. The van der Waals surface area contributed by atoms with Crippen LogP contribution in [0.25, 0.3) is 0 Å². The van der Waals surface area contributed by atoms with E-state index in [1.54, 1.807) is 19.1 Å². The van der Waals surface area contributed by atoms with Gasteiger partial charge in [0.05, 0.1) is 6.04 Å². The summed E-state index contributed by atoms with van der Waals surface area (Å²) in [5, 5.41) is 10.7. The molecule has 2 aromatic rings. The first-order valence-electron chi connectivity index (χ1n) is 8.13. The molecule has 24 heavy (non-hydrogen) atoms.